The first-order valence-corrected chi connectivity index (χ1v) is 6.14. The van der Waals surface area contributed by atoms with Gasteiger partial charge in [0, 0.05) is 13.6 Å². The van der Waals surface area contributed by atoms with Crippen LogP contribution in [0.5, 0.6) is 0 Å². The van der Waals surface area contributed by atoms with E-state index in [1.807, 2.05) is 13.8 Å². The van der Waals surface area contributed by atoms with Gasteiger partial charge in [-0.3, -0.25) is 4.79 Å². The van der Waals surface area contributed by atoms with Crippen LogP contribution in [0, 0.1) is 11.8 Å². The Morgan fingerprint density at radius 2 is 2.12 bits per heavy atom. The SMILES string of the molecule is CCC(C)C(N)C(=O)N(C)CC1CC(O)C1. The summed E-state index contributed by atoms with van der Waals surface area (Å²) in [6.45, 7) is 4.77. The molecule has 0 bridgehead atoms. The molecule has 0 heterocycles. The lowest BCUT2D eigenvalue weighted by Gasteiger charge is -2.35. The lowest BCUT2D eigenvalue weighted by atomic mass is 9.82. The summed E-state index contributed by atoms with van der Waals surface area (Å²) in [5.41, 5.74) is 5.89. The summed E-state index contributed by atoms with van der Waals surface area (Å²) in [6, 6.07) is -0.389. The molecule has 0 saturated heterocycles. The van der Waals surface area contributed by atoms with E-state index in [1.54, 1.807) is 11.9 Å². The molecule has 16 heavy (non-hydrogen) atoms. The molecule has 1 rings (SSSR count). The molecule has 3 N–H and O–H groups in total. The standard InChI is InChI=1S/C12H24N2O2/c1-4-8(2)11(13)12(16)14(3)7-9-5-10(15)6-9/h8-11,15H,4-7,13H2,1-3H3. The van der Waals surface area contributed by atoms with E-state index >= 15 is 0 Å². The maximum Gasteiger partial charge on any atom is 0.239 e. The second kappa shape index (κ2) is 5.64. The number of amides is 1. The van der Waals surface area contributed by atoms with Gasteiger partial charge in [-0.2, -0.15) is 0 Å². The van der Waals surface area contributed by atoms with Crippen LogP contribution in [0.2, 0.25) is 0 Å². The van der Waals surface area contributed by atoms with E-state index in [-0.39, 0.29) is 24.0 Å². The Morgan fingerprint density at radius 1 is 1.56 bits per heavy atom. The van der Waals surface area contributed by atoms with Gasteiger partial charge >= 0.3 is 0 Å². The van der Waals surface area contributed by atoms with Crippen LogP contribution in [0.3, 0.4) is 0 Å². The van der Waals surface area contributed by atoms with Gasteiger partial charge in [-0.1, -0.05) is 20.3 Å². The van der Waals surface area contributed by atoms with E-state index in [0.29, 0.717) is 5.92 Å². The fraction of sp³-hybridized carbons (Fsp3) is 0.917. The van der Waals surface area contributed by atoms with Crippen molar-refractivity contribution in [2.24, 2.45) is 17.6 Å². The van der Waals surface area contributed by atoms with Crippen LogP contribution < -0.4 is 5.73 Å². The van der Waals surface area contributed by atoms with Crippen molar-refractivity contribution in [1.29, 1.82) is 0 Å². The third-order valence-electron chi connectivity index (χ3n) is 3.66. The number of hydrogen-bond acceptors (Lipinski definition) is 3. The van der Waals surface area contributed by atoms with Crippen molar-refractivity contribution in [2.45, 2.75) is 45.3 Å². The predicted octanol–water partition coefficient (Wildman–Crippen LogP) is 0.589. The highest BCUT2D eigenvalue weighted by Gasteiger charge is 2.30. The normalized spacial score (nSPS) is 28.1. The predicted molar refractivity (Wildman–Crippen MR) is 63.8 cm³/mol. The molecular weight excluding hydrogens is 204 g/mol. The maximum absolute atomic E-state index is 11.9. The molecular formula is C12H24N2O2. The largest absolute Gasteiger partial charge is 0.393 e. The Bertz CT molecular complexity index is 239. The Hall–Kier alpha value is -0.610. The minimum absolute atomic E-state index is 0.0238. The van der Waals surface area contributed by atoms with Gasteiger partial charge in [0.1, 0.15) is 0 Å². The van der Waals surface area contributed by atoms with Gasteiger partial charge in [0.15, 0.2) is 0 Å². The monoisotopic (exact) mass is 228 g/mol. The zero-order valence-electron chi connectivity index (χ0n) is 10.5. The zero-order chi connectivity index (χ0) is 12.3. The van der Waals surface area contributed by atoms with Crippen molar-refractivity contribution in [1.82, 2.24) is 4.90 Å². The molecule has 94 valence electrons. The van der Waals surface area contributed by atoms with Crippen LogP contribution in [-0.2, 0) is 4.79 Å². The number of carbonyl (C=O) groups is 1. The summed E-state index contributed by atoms with van der Waals surface area (Å²) < 4.78 is 0. The maximum atomic E-state index is 11.9. The summed E-state index contributed by atoms with van der Waals surface area (Å²) in [6.07, 6.45) is 2.40. The van der Waals surface area contributed by atoms with Crippen molar-refractivity contribution in [3.05, 3.63) is 0 Å². The number of nitrogens with two attached hydrogens (primary N) is 1. The third-order valence-corrected chi connectivity index (χ3v) is 3.66. The molecule has 0 radical (unpaired) electrons. The second-order valence-electron chi connectivity index (χ2n) is 5.12. The molecule has 0 aromatic heterocycles. The lowest BCUT2D eigenvalue weighted by molar-refractivity contribution is -0.134. The summed E-state index contributed by atoms with van der Waals surface area (Å²) in [4.78, 5) is 13.7. The number of hydrogen-bond donors (Lipinski definition) is 2. The lowest BCUT2D eigenvalue weighted by Crippen LogP contribution is -2.48. The van der Waals surface area contributed by atoms with Crippen LogP contribution in [0.15, 0.2) is 0 Å². The summed E-state index contributed by atoms with van der Waals surface area (Å²) in [5.74, 6) is 0.700. The molecule has 4 heteroatoms. The van der Waals surface area contributed by atoms with Gasteiger partial charge in [0.05, 0.1) is 12.1 Å². The zero-order valence-corrected chi connectivity index (χ0v) is 10.5. The molecule has 0 aromatic carbocycles. The molecule has 4 nitrogen and oxygen atoms in total. The fourth-order valence-corrected chi connectivity index (χ4v) is 2.08. The number of nitrogens with zero attached hydrogens (tertiary/aromatic N) is 1. The highest BCUT2D eigenvalue weighted by Crippen LogP contribution is 2.27. The first kappa shape index (κ1) is 13.5. The molecule has 1 saturated carbocycles. The molecule has 1 aliphatic rings. The van der Waals surface area contributed by atoms with Gasteiger partial charge in [-0.25, -0.2) is 0 Å². The van der Waals surface area contributed by atoms with E-state index in [0.717, 1.165) is 25.8 Å². The summed E-state index contributed by atoms with van der Waals surface area (Å²) in [5, 5.41) is 9.18. The molecule has 0 aliphatic heterocycles. The van der Waals surface area contributed by atoms with Crippen LogP contribution in [0.25, 0.3) is 0 Å². The van der Waals surface area contributed by atoms with Gasteiger partial charge in [0.25, 0.3) is 0 Å². The second-order valence-corrected chi connectivity index (χ2v) is 5.12. The molecule has 2 atom stereocenters. The number of rotatable bonds is 5. The Labute approximate surface area is 97.8 Å². The first-order valence-electron chi connectivity index (χ1n) is 6.14. The summed E-state index contributed by atoms with van der Waals surface area (Å²) in [7, 11) is 1.80. The highest BCUT2D eigenvalue weighted by molar-refractivity contribution is 5.81. The van der Waals surface area contributed by atoms with E-state index in [4.69, 9.17) is 5.73 Å². The molecule has 1 aliphatic carbocycles. The van der Waals surface area contributed by atoms with E-state index in [9.17, 15) is 9.90 Å². The molecule has 1 amide bonds. The average molecular weight is 228 g/mol. The molecule has 0 spiro atoms. The topological polar surface area (TPSA) is 66.6 Å². The van der Waals surface area contributed by atoms with Crippen molar-refractivity contribution in [3.8, 4) is 0 Å². The van der Waals surface area contributed by atoms with Gasteiger partial charge < -0.3 is 15.7 Å². The van der Waals surface area contributed by atoms with Crippen LogP contribution in [0.1, 0.15) is 33.1 Å². The minimum Gasteiger partial charge on any atom is -0.393 e. The number of carbonyl (C=O) groups excluding carboxylic acids is 1. The molecule has 1 fully saturated rings. The highest BCUT2D eigenvalue weighted by atomic mass is 16.3. The van der Waals surface area contributed by atoms with Crippen LogP contribution in [0.4, 0.5) is 0 Å². The average Bonchev–Trinajstić information content (AvgIpc) is 2.23. The van der Waals surface area contributed by atoms with Gasteiger partial charge in [-0.15, -0.1) is 0 Å². The van der Waals surface area contributed by atoms with Crippen molar-refractivity contribution in [2.75, 3.05) is 13.6 Å². The van der Waals surface area contributed by atoms with E-state index in [1.165, 1.54) is 0 Å². The van der Waals surface area contributed by atoms with Crippen LogP contribution >= 0.6 is 0 Å². The van der Waals surface area contributed by atoms with Crippen molar-refractivity contribution < 1.29 is 9.90 Å². The first-order chi connectivity index (χ1) is 7.45. The minimum atomic E-state index is -0.389. The van der Waals surface area contributed by atoms with Crippen molar-refractivity contribution >= 4 is 5.91 Å². The van der Waals surface area contributed by atoms with Gasteiger partial charge in [0.2, 0.25) is 5.91 Å². The fourth-order valence-electron chi connectivity index (χ4n) is 2.08. The molecule has 2 unspecified atom stereocenters. The third kappa shape index (κ3) is 3.19. The van der Waals surface area contributed by atoms with E-state index in [2.05, 4.69) is 0 Å². The number of aliphatic hydroxyl groups is 1. The Morgan fingerprint density at radius 3 is 2.56 bits per heavy atom. The molecule has 0 aromatic rings. The number of aliphatic hydroxyl groups excluding tert-OH is 1. The van der Waals surface area contributed by atoms with Gasteiger partial charge in [-0.05, 0) is 24.7 Å². The Balaban J connectivity index is 2.35. The number of likely N-dealkylation sites (N-methyl/N-ethyl adjacent to an activating group) is 1. The van der Waals surface area contributed by atoms with E-state index < -0.39 is 0 Å². The van der Waals surface area contributed by atoms with Crippen molar-refractivity contribution in [3.63, 3.8) is 0 Å². The quantitative estimate of drug-likeness (QED) is 0.723. The smallest absolute Gasteiger partial charge is 0.239 e. The Kier molecular flexibility index (Phi) is 4.74. The summed E-state index contributed by atoms with van der Waals surface area (Å²) >= 11 is 0. The van der Waals surface area contributed by atoms with Crippen LogP contribution in [-0.4, -0.2) is 41.7 Å².